The van der Waals surface area contributed by atoms with Crippen LogP contribution in [0.1, 0.15) is 49.9 Å². The lowest BCUT2D eigenvalue weighted by molar-refractivity contribution is -0.142. The molecule has 27 heavy (non-hydrogen) atoms. The van der Waals surface area contributed by atoms with Crippen molar-refractivity contribution in [3.63, 3.8) is 0 Å². The molecule has 8 heteroatoms. The molecule has 3 heterocycles. The number of piperidine rings is 2. The molecule has 2 fully saturated rings. The fourth-order valence-corrected chi connectivity index (χ4v) is 4.28. The second-order valence-electron chi connectivity index (χ2n) is 8.00. The monoisotopic (exact) mass is 384 g/mol. The van der Waals surface area contributed by atoms with Crippen LogP contribution in [0.3, 0.4) is 0 Å². The molecular weight excluding hydrogens is 357 g/mol. The van der Waals surface area contributed by atoms with Crippen molar-refractivity contribution in [3.8, 4) is 0 Å². The Hall–Kier alpha value is -1.70. The zero-order valence-electron chi connectivity index (χ0n) is 15.8. The van der Waals surface area contributed by atoms with Gasteiger partial charge in [0, 0.05) is 37.5 Å². The van der Waals surface area contributed by atoms with Crippen LogP contribution in [0, 0.1) is 12.3 Å². The third-order valence-electron chi connectivity index (χ3n) is 5.61. The molecule has 0 N–H and O–H groups in total. The minimum absolute atomic E-state index is 0.0114. The lowest BCUT2D eigenvalue weighted by Gasteiger charge is -2.48. The molecule has 5 nitrogen and oxygen atoms in total. The largest absolute Gasteiger partial charge is 0.389 e. The summed E-state index contributed by atoms with van der Waals surface area (Å²) >= 11 is 0. The van der Waals surface area contributed by atoms with Gasteiger partial charge in [-0.2, -0.15) is 13.2 Å². The molecular formula is C19H27F3N4O. The molecule has 1 amide bonds. The summed E-state index contributed by atoms with van der Waals surface area (Å²) in [6, 6.07) is 0. The molecule has 0 bridgehead atoms. The van der Waals surface area contributed by atoms with Crippen molar-refractivity contribution >= 4 is 5.91 Å². The molecule has 3 rings (SSSR count). The maximum absolute atomic E-state index is 12.4. The van der Waals surface area contributed by atoms with Crippen molar-refractivity contribution in [3.05, 3.63) is 23.8 Å². The quantitative estimate of drug-likeness (QED) is 0.781. The van der Waals surface area contributed by atoms with Gasteiger partial charge in [-0.25, -0.2) is 0 Å². The summed E-state index contributed by atoms with van der Waals surface area (Å²) in [5, 5.41) is 0. The summed E-state index contributed by atoms with van der Waals surface area (Å²) in [6.45, 7) is 5.05. The first-order chi connectivity index (χ1) is 12.7. The van der Waals surface area contributed by atoms with Crippen LogP contribution in [-0.4, -0.2) is 58.0 Å². The molecule has 0 aliphatic carbocycles. The van der Waals surface area contributed by atoms with E-state index in [1.807, 2.05) is 11.8 Å². The summed E-state index contributed by atoms with van der Waals surface area (Å²) in [5.41, 5.74) is 1.59. The Kier molecular flexibility index (Phi) is 6.03. The number of hydrogen-bond acceptors (Lipinski definition) is 4. The Morgan fingerprint density at radius 1 is 1.19 bits per heavy atom. The maximum atomic E-state index is 12.4. The maximum Gasteiger partial charge on any atom is 0.389 e. The Labute approximate surface area is 158 Å². The number of hydrogen-bond donors (Lipinski definition) is 0. The summed E-state index contributed by atoms with van der Waals surface area (Å²) < 4.78 is 37.2. The first-order valence-corrected chi connectivity index (χ1v) is 9.59. The van der Waals surface area contributed by atoms with Gasteiger partial charge in [-0.1, -0.05) is 0 Å². The molecule has 1 aromatic rings. The molecule has 2 aliphatic heterocycles. The number of likely N-dealkylation sites (tertiary alicyclic amines) is 2. The Bertz CT molecular complexity index is 649. The van der Waals surface area contributed by atoms with E-state index in [2.05, 4.69) is 14.9 Å². The second kappa shape index (κ2) is 8.12. The summed E-state index contributed by atoms with van der Waals surface area (Å²) in [5.74, 6) is 0.122. The lowest BCUT2D eigenvalue weighted by Crippen LogP contribution is -2.53. The highest BCUT2D eigenvalue weighted by Gasteiger charge is 2.41. The predicted molar refractivity (Wildman–Crippen MR) is 94.8 cm³/mol. The number of carbonyl (C=O) groups is 1. The van der Waals surface area contributed by atoms with Gasteiger partial charge in [0.15, 0.2) is 0 Å². The summed E-state index contributed by atoms with van der Waals surface area (Å²) in [7, 11) is 0. The standard InChI is InChI=1S/C19H27F3N4O/c1-15-10-24-16(11-23-15)12-26-14-18(7-4-17(26)27)5-2-8-25(13-18)9-3-6-19(20,21)22/h10-11H,2-9,12-14H2,1H3/t18-/m0/s1. The third kappa shape index (κ3) is 5.64. The second-order valence-corrected chi connectivity index (χ2v) is 8.00. The van der Waals surface area contributed by atoms with Crippen LogP contribution in [0.25, 0.3) is 0 Å². The van der Waals surface area contributed by atoms with Crippen molar-refractivity contribution in [2.75, 3.05) is 26.2 Å². The number of carbonyl (C=O) groups excluding carboxylic acids is 1. The Morgan fingerprint density at radius 3 is 2.70 bits per heavy atom. The van der Waals surface area contributed by atoms with E-state index in [-0.39, 0.29) is 17.7 Å². The van der Waals surface area contributed by atoms with Gasteiger partial charge in [0.1, 0.15) is 0 Å². The van der Waals surface area contributed by atoms with E-state index in [0.717, 1.165) is 43.7 Å². The van der Waals surface area contributed by atoms with Gasteiger partial charge in [-0.05, 0) is 45.7 Å². The smallest absolute Gasteiger partial charge is 0.336 e. The van der Waals surface area contributed by atoms with Crippen LogP contribution < -0.4 is 0 Å². The summed E-state index contributed by atoms with van der Waals surface area (Å²) in [6.07, 6.45) is 2.03. The minimum atomic E-state index is -4.09. The molecule has 2 saturated heterocycles. The number of aromatic nitrogens is 2. The topological polar surface area (TPSA) is 49.3 Å². The normalized spacial score (nSPS) is 24.6. The average molecular weight is 384 g/mol. The van der Waals surface area contributed by atoms with Gasteiger partial charge in [0.25, 0.3) is 0 Å². The first kappa shape index (κ1) is 20.0. The highest BCUT2D eigenvalue weighted by atomic mass is 19.4. The van der Waals surface area contributed by atoms with E-state index in [1.165, 1.54) is 0 Å². The van der Waals surface area contributed by atoms with E-state index < -0.39 is 12.6 Å². The zero-order valence-corrected chi connectivity index (χ0v) is 15.8. The molecule has 0 aromatic carbocycles. The predicted octanol–water partition coefficient (Wildman–Crippen LogP) is 3.33. The molecule has 150 valence electrons. The van der Waals surface area contributed by atoms with Crippen molar-refractivity contribution in [2.24, 2.45) is 5.41 Å². The van der Waals surface area contributed by atoms with E-state index >= 15 is 0 Å². The minimum Gasteiger partial charge on any atom is -0.336 e. The fourth-order valence-electron chi connectivity index (χ4n) is 4.28. The molecule has 2 aliphatic rings. The van der Waals surface area contributed by atoms with Gasteiger partial charge in [0.05, 0.1) is 24.1 Å². The van der Waals surface area contributed by atoms with Gasteiger partial charge >= 0.3 is 6.18 Å². The fraction of sp³-hybridized carbons (Fsp3) is 0.737. The SMILES string of the molecule is Cc1cnc(CN2C[C@@]3(CCCN(CCCC(F)(F)F)C3)CCC2=O)cn1. The van der Waals surface area contributed by atoms with Gasteiger partial charge in [0.2, 0.25) is 5.91 Å². The highest BCUT2D eigenvalue weighted by molar-refractivity contribution is 5.77. The summed E-state index contributed by atoms with van der Waals surface area (Å²) in [4.78, 5) is 25.0. The van der Waals surface area contributed by atoms with E-state index in [9.17, 15) is 18.0 Å². The van der Waals surface area contributed by atoms with Crippen LogP contribution in [0.4, 0.5) is 13.2 Å². The van der Waals surface area contributed by atoms with Gasteiger partial charge in [-0.3, -0.25) is 14.8 Å². The Balaban J connectivity index is 1.59. The van der Waals surface area contributed by atoms with Crippen molar-refractivity contribution < 1.29 is 18.0 Å². The van der Waals surface area contributed by atoms with E-state index in [0.29, 0.717) is 26.1 Å². The molecule has 1 aromatic heterocycles. The average Bonchev–Trinajstić information content (AvgIpc) is 2.60. The number of alkyl halides is 3. The highest BCUT2D eigenvalue weighted by Crippen LogP contribution is 2.39. The number of rotatable bonds is 5. The number of nitrogens with zero attached hydrogens (tertiary/aromatic N) is 4. The van der Waals surface area contributed by atoms with Crippen molar-refractivity contribution in [1.29, 1.82) is 0 Å². The molecule has 0 unspecified atom stereocenters. The number of aryl methyl sites for hydroxylation is 1. The lowest BCUT2D eigenvalue weighted by atomic mass is 9.73. The van der Waals surface area contributed by atoms with Gasteiger partial charge < -0.3 is 9.80 Å². The van der Waals surface area contributed by atoms with Gasteiger partial charge in [-0.15, -0.1) is 0 Å². The Morgan fingerprint density at radius 2 is 2.00 bits per heavy atom. The van der Waals surface area contributed by atoms with Crippen LogP contribution in [0.2, 0.25) is 0 Å². The number of amides is 1. The van der Waals surface area contributed by atoms with Crippen molar-refractivity contribution in [2.45, 2.75) is 58.2 Å². The van der Waals surface area contributed by atoms with Crippen LogP contribution in [0.15, 0.2) is 12.4 Å². The molecule has 0 saturated carbocycles. The van der Waals surface area contributed by atoms with Crippen LogP contribution >= 0.6 is 0 Å². The van der Waals surface area contributed by atoms with Crippen LogP contribution in [0.5, 0.6) is 0 Å². The van der Waals surface area contributed by atoms with Crippen LogP contribution in [-0.2, 0) is 11.3 Å². The first-order valence-electron chi connectivity index (χ1n) is 9.59. The van der Waals surface area contributed by atoms with Crippen molar-refractivity contribution in [1.82, 2.24) is 19.8 Å². The van der Waals surface area contributed by atoms with E-state index in [1.54, 1.807) is 12.4 Å². The third-order valence-corrected chi connectivity index (χ3v) is 5.61. The molecule has 0 radical (unpaired) electrons. The van der Waals surface area contributed by atoms with E-state index in [4.69, 9.17) is 0 Å². The molecule has 1 atom stereocenters. The zero-order chi connectivity index (χ0) is 19.5. The number of halogens is 3. The molecule has 1 spiro atoms.